The summed E-state index contributed by atoms with van der Waals surface area (Å²) in [6, 6.07) is 5.76. The van der Waals surface area contributed by atoms with E-state index in [4.69, 9.17) is 5.11 Å². The Kier molecular flexibility index (Phi) is 3.88. The third-order valence-electron chi connectivity index (χ3n) is 2.95. The molecule has 6 heteroatoms. The van der Waals surface area contributed by atoms with Gasteiger partial charge in [-0.3, -0.25) is 14.7 Å². The molecule has 0 saturated carbocycles. The average Bonchev–Trinajstić information content (AvgIpc) is 2.40. The summed E-state index contributed by atoms with van der Waals surface area (Å²) < 4.78 is 0. The topological polar surface area (TPSA) is 73.7 Å². The molecule has 6 nitrogen and oxygen atoms in total. The molecule has 0 aromatic carbocycles. The fourth-order valence-electron chi connectivity index (χ4n) is 1.97. The highest BCUT2D eigenvalue weighted by atomic mass is 16.4. The maximum absolute atomic E-state index is 11.3. The van der Waals surface area contributed by atoms with E-state index >= 15 is 0 Å². The lowest BCUT2D eigenvalue weighted by Gasteiger charge is -2.33. The largest absolute Gasteiger partial charge is 0.474 e. The summed E-state index contributed by atoms with van der Waals surface area (Å²) in [4.78, 5) is 29.6. The minimum absolute atomic E-state index is 0.456. The quantitative estimate of drug-likeness (QED) is 0.735. The van der Waals surface area contributed by atoms with Gasteiger partial charge in [-0.1, -0.05) is 6.07 Å². The second kappa shape index (κ2) is 5.59. The lowest BCUT2D eigenvalue weighted by atomic mass is 10.2. The number of hydrogen-bond donors (Lipinski definition) is 1. The summed E-state index contributed by atoms with van der Waals surface area (Å²) in [6.07, 6.45) is 1.75. The van der Waals surface area contributed by atoms with E-state index in [0.717, 1.165) is 12.2 Å². The predicted molar refractivity (Wildman–Crippen MR) is 63.7 cm³/mol. The number of rotatable bonds is 2. The normalized spacial score (nSPS) is 16.6. The molecule has 18 heavy (non-hydrogen) atoms. The van der Waals surface area contributed by atoms with Crippen molar-refractivity contribution in [1.29, 1.82) is 0 Å². The Morgan fingerprint density at radius 1 is 1.22 bits per heavy atom. The molecule has 1 saturated heterocycles. The van der Waals surface area contributed by atoms with E-state index in [0.29, 0.717) is 26.2 Å². The van der Waals surface area contributed by atoms with E-state index in [9.17, 15) is 9.59 Å². The van der Waals surface area contributed by atoms with E-state index in [1.54, 1.807) is 6.20 Å². The fraction of sp³-hybridized carbons (Fsp3) is 0.417. The van der Waals surface area contributed by atoms with Crippen LogP contribution >= 0.6 is 0 Å². The van der Waals surface area contributed by atoms with Gasteiger partial charge in [-0.05, 0) is 12.1 Å². The highest BCUT2D eigenvalue weighted by molar-refractivity contribution is 6.31. The Labute approximate surface area is 105 Å². The number of aromatic nitrogens is 1. The molecule has 1 aliphatic heterocycles. The van der Waals surface area contributed by atoms with E-state index in [1.165, 1.54) is 4.90 Å². The van der Waals surface area contributed by atoms with Gasteiger partial charge < -0.3 is 10.0 Å². The van der Waals surface area contributed by atoms with Crippen LogP contribution in [0.4, 0.5) is 0 Å². The van der Waals surface area contributed by atoms with Gasteiger partial charge >= 0.3 is 11.9 Å². The Bertz CT molecular complexity index is 427. The summed E-state index contributed by atoms with van der Waals surface area (Å²) in [5, 5.41) is 8.62. The van der Waals surface area contributed by atoms with Crippen molar-refractivity contribution in [2.24, 2.45) is 0 Å². The van der Waals surface area contributed by atoms with Crippen molar-refractivity contribution in [3.8, 4) is 0 Å². The average molecular weight is 249 g/mol. The molecule has 1 fully saturated rings. The number of hydrogen-bond acceptors (Lipinski definition) is 4. The van der Waals surface area contributed by atoms with Crippen LogP contribution in [-0.4, -0.2) is 57.9 Å². The first-order valence-corrected chi connectivity index (χ1v) is 5.81. The van der Waals surface area contributed by atoms with Crippen molar-refractivity contribution < 1.29 is 14.7 Å². The molecule has 0 spiro atoms. The van der Waals surface area contributed by atoms with Gasteiger partial charge in [0.05, 0.1) is 5.69 Å². The molecule has 1 amide bonds. The SMILES string of the molecule is O=C(O)C(=O)N1CCN(Cc2ccccn2)CC1. The maximum atomic E-state index is 11.3. The predicted octanol–water partition coefficient (Wildman–Crippen LogP) is -0.190. The molecule has 0 atom stereocenters. The molecule has 2 heterocycles. The molecule has 0 unspecified atom stereocenters. The molecule has 1 aromatic rings. The number of piperazine rings is 1. The maximum Gasteiger partial charge on any atom is 0.394 e. The van der Waals surface area contributed by atoms with Gasteiger partial charge in [-0.25, -0.2) is 4.79 Å². The van der Waals surface area contributed by atoms with Gasteiger partial charge in [-0.2, -0.15) is 0 Å². The van der Waals surface area contributed by atoms with Crippen molar-refractivity contribution >= 4 is 11.9 Å². The zero-order valence-electron chi connectivity index (χ0n) is 9.95. The van der Waals surface area contributed by atoms with Crippen molar-refractivity contribution in [1.82, 2.24) is 14.8 Å². The number of carboxylic acids is 1. The van der Waals surface area contributed by atoms with Gasteiger partial charge in [0.15, 0.2) is 0 Å². The number of nitrogens with zero attached hydrogens (tertiary/aromatic N) is 3. The van der Waals surface area contributed by atoms with E-state index in [1.807, 2.05) is 18.2 Å². The highest BCUT2D eigenvalue weighted by Crippen LogP contribution is 2.06. The zero-order chi connectivity index (χ0) is 13.0. The van der Waals surface area contributed by atoms with Crippen molar-refractivity contribution in [3.63, 3.8) is 0 Å². The summed E-state index contributed by atoms with van der Waals surface area (Å²) in [7, 11) is 0. The number of carboxylic acid groups (broad SMARTS) is 1. The highest BCUT2D eigenvalue weighted by Gasteiger charge is 2.25. The van der Waals surface area contributed by atoms with Crippen LogP contribution in [0.5, 0.6) is 0 Å². The van der Waals surface area contributed by atoms with Gasteiger partial charge in [-0.15, -0.1) is 0 Å². The first-order valence-electron chi connectivity index (χ1n) is 5.81. The second-order valence-electron chi connectivity index (χ2n) is 4.19. The lowest BCUT2D eigenvalue weighted by Crippen LogP contribution is -2.50. The Hall–Kier alpha value is -1.95. The molecule has 0 bridgehead atoms. The first kappa shape index (κ1) is 12.5. The zero-order valence-corrected chi connectivity index (χ0v) is 9.95. The second-order valence-corrected chi connectivity index (χ2v) is 4.19. The van der Waals surface area contributed by atoms with E-state index < -0.39 is 11.9 Å². The molecule has 0 aliphatic carbocycles. The van der Waals surface area contributed by atoms with Gasteiger partial charge in [0.2, 0.25) is 0 Å². The lowest BCUT2D eigenvalue weighted by molar-refractivity contribution is -0.156. The molecule has 2 rings (SSSR count). The van der Waals surface area contributed by atoms with Crippen LogP contribution in [-0.2, 0) is 16.1 Å². The third-order valence-corrected chi connectivity index (χ3v) is 2.95. The van der Waals surface area contributed by atoms with E-state index in [-0.39, 0.29) is 0 Å². The smallest absolute Gasteiger partial charge is 0.394 e. The van der Waals surface area contributed by atoms with Crippen molar-refractivity contribution in [2.45, 2.75) is 6.54 Å². The van der Waals surface area contributed by atoms with Crippen molar-refractivity contribution in [2.75, 3.05) is 26.2 Å². The number of carbonyl (C=O) groups excluding carboxylic acids is 1. The van der Waals surface area contributed by atoms with Crippen LogP contribution in [0.15, 0.2) is 24.4 Å². The summed E-state index contributed by atoms with van der Waals surface area (Å²) in [6.45, 7) is 3.00. The summed E-state index contributed by atoms with van der Waals surface area (Å²) in [5.74, 6) is -2.19. The number of pyridine rings is 1. The summed E-state index contributed by atoms with van der Waals surface area (Å²) >= 11 is 0. The van der Waals surface area contributed by atoms with Crippen LogP contribution < -0.4 is 0 Å². The van der Waals surface area contributed by atoms with Crippen LogP contribution in [0, 0.1) is 0 Å². The Morgan fingerprint density at radius 3 is 2.50 bits per heavy atom. The third kappa shape index (κ3) is 3.04. The first-order chi connectivity index (χ1) is 8.66. The van der Waals surface area contributed by atoms with E-state index in [2.05, 4.69) is 9.88 Å². The minimum Gasteiger partial charge on any atom is -0.474 e. The molecule has 1 aliphatic rings. The standard InChI is InChI=1S/C12H15N3O3/c16-11(12(17)18)15-7-5-14(6-8-15)9-10-3-1-2-4-13-10/h1-4H,5-9H2,(H,17,18). The molecular weight excluding hydrogens is 234 g/mol. The molecule has 1 aromatic heterocycles. The van der Waals surface area contributed by atoms with Crippen LogP contribution in [0.25, 0.3) is 0 Å². The Balaban J connectivity index is 1.84. The molecular formula is C12H15N3O3. The van der Waals surface area contributed by atoms with Gasteiger partial charge in [0.1, 0.15) is 0 Å². The summed E-state index contributed by atoms with van der Waals surface area (Å²) in [5.41, 5.74) is 0.982. The molecule has 96 valence electrons. The molecule has 1 N–H and O–H groups in total. The van der Waals surface area contributed by atoms with Crippen LogP contribution in [0.2, 0.25) is 0 Å². The van der Waals surface area contributed by atoms with Crippen LogP contribution in [0.1, 0.15) is 5.69 Å². The number of carbonyl (C=O) groups is 2. The van der Waals surface area contributed by atoms with Crippen LogP contribution in [0.3, 0.4) is 0 Å². The number of amides is 1. The monoisotopic (exact) mass is 249 g/mol. The van der Waals surface area contributed by atoms with Gasteiger partial charge in [0.25, 0.3) is 0 Å². The van der Waals surface area contributed by atoms with Crippen molar-refractivity contribution in [3.05, 3.63) is 30.1 Å². The minimum atomic E-state index is -1.38. The fourth-order valence-corrected chi connectivity index (χ4v) is 1.97. The number of aliphatic carboxylic acids is 1. The van der Waals surface area contributed by atoms with Gasteiger partial charge in [0, 0.05) is 38.9 Å². The Morgan fingerprint density at radius 2 is 1.94 bits per heavy atom. The molecule has 0 radical (unpaired) electrons.